The first kappa shape index (κ1) is 19.4. The molecule has 1 fully saturated rings. The van der Waals surface area contributed by atoms with E-state index in [0.717, 1.165) is 0 Å². The summed E-state index contributed by atoms with van der Waals surface area (Å²) in [5, 5.41) is 2.69. The number of amides is 1. The van der Waals surface area contributed by atoms with E-state index in [1.54, 1.807) is 6.08 Å². The normalized spacial score (nSPS) is 25.7. The molecule has 0 aromatic rings. The van der Waals surface area contributed by atoms with Gasteiger partial charge in [-0.3, -0.25) is 9.36 Å². The lowest BCUT2D eigenvalue weighted by molar-refractivity contribution is -0.119. The van der Waals surface area contributed by atoms with Crippen molar-refractivity contribution in [2.24, 2.45) is 0 Å². The molecule has 0 unspecified atom stereocenters. The molecule has 1 amide bonds. The lowest BCUT2D eigenvalue weighted by Gasteiger charge is -2.15. The zero-order chi connectivity index (χ0) is 16.6. The quantitative estimate of drug-likeness (QED) is 0.388. The number of carbonyl (C=O) groups is 1. The zero-order valence-corrected chi connectivity index (χ0v) is 14.1. The highest BCUT2D eigenvalue weighted by molar-refractivity contribution is 7.57. The molecule has 1 heterocycles. The Morgan fingerprint density at radius 2 is 2.14 bits per heavy atom. The topological polar surface area (TPSA) is 83.1 Å². The van der Waals surface area contributed by atoms with Crippen molar-refractivity contribution in [1.82, 2.24) is 5.32 Å². The molecule has 0 aromatic carbocycles. The van der Waals surface area contributed by atoms with E-state index in [2.05, 4.69) is 5.32 Å². The van der Waals surface area contributed by atoms with Crippen LogP contribution in [0.4, 0.5) is 0 Å². The van der Waals surface area contributed by atoms with Crippen LogP contribution in [0.2, 0.25) is 0 Å². The number of ether oxygens (including phenoxy) is 2. The number of hydrogen-bond acceptors (Lipinski definition) is 6. The first-order valence-corrected chi connectivity index (χ1v) is 8.69. The maximum absolute atomic E-state index is 11.9. The number of nitrogens with one attached hydrogen (secondary N) is 1. The summed E-state index contributed by atoms with van der Waals surface area (Å²) < 4.78 is 32.7. The van der Waals surface area contributed by atoms with Crippen LogP contribution in [0, 0.1) is 0 Å². The Morgan fingerprint density at radius 1 is 1.45 bits per heavy atom. The van der Waals surface area contributed by atoms with Gasteiger partial charge in [0.25, 0.3) is 0 Å². The summed E-state index contributed by atoms with van der Waals surface area (Å²) in [4.78, 5) is 10.7. The molecule has 0 bridgehead atoms. The van der Waals surface area contributed by atoms with Gasteiger partial charge in [-0.15, -0.1) is 0 Å². The number of carbonyl (C=O) groups excluding carboxylic acids is 1. The van der Waals surface area contributed by atoms with Gasteiger partial charge < -0.3 is 23.8 Å². The average molecular weight is 331 g/mol. The van der Waals surface area contributed by atoms with Crippen LogP contribution in [0.3, 0.4) is 0 Å². The monoisotopic (exact) mass is 331 g/mol. The molecule has 7 nitrogen and oxygen atoms in total. The molecule has 1 aliphatic heterocycles. The third kappa shape index (κ3) is 6.63. The van der Waals surface area contributed by atoms with Crippen LogP contribution in [0.25, 0.3) is 0 Å². The van der Waals surface area contributed by atoms with Crippen LogP contribution in [-0.2, 0) is 27.9 Å². The molecular formula is C13H23BNO6P. The fraction of sp³-hybridized carbons (Fsp3) is 0.769. The third-order valence-electron chi connectivity index (χ3n) is 3.18. The van der Waals surface area contributed by atoms with Crippen LogP contribution in [0.5, 0.6) is 0 Å². The fourth-order valence-corrected chi connectivity index (χ4v) is 2.76. The maximum Gasteiger partial charge on any atom is 0.353 e. The molecule has 1 aliphatic rings. The van der Waals surface area contributed by atoms with Crippen LogP contribution < -0.4 is 5.32 Å². The molecule has 2 radical (unpaired) electrons. The van der Waals surface area contributed by atoms with Gasteiger partial charge in [0.1, 0.15) is 7.85 Å². The van der Waals surface area contributed by atoms with Gasteiger partial charge in [0.2, 0.25) is 5.91 Å². The molecule has 0 saturated carbocycles. The second-order valence-corrected chi connectivity index (χ2v) is 6.98. The minimum Gasteiger partial charge on any atom is -0.378 e. The Hall–Kier alpha value is -0.655. The van der Waals surface area contributed by atoms with Crippen molar-refractivity contribution in [2.45, 2.75) is 38.0 Å². The predicted molar refractivity (Wildman–Crippen MR) is 82.8 cm³/mol. The smallest absolute Gasteiger partial charge is 0.353 e. The largest absolute Gasteiger partial charge is 0.378 e. The minimum absolute atomic E-state index is 0.0631. The van der Waals surface area contributed by atoms with Gasteiger partial charge >= 0.3 is 7.60 Å². The Labute approximate surface area is 132 Å². The van der Waals surface area contributed by atoms with Crippen LogP contribution >= 0.6 is 7.60 Å². The molecule has 0 aliphatic carbocycles. The van der Waals surface area contributed by atoms with E-state index in [4.69, 9.17) is 26.4 Å². The summed E-state index contributed by atoms with van der Waals surface area (Å²) in [5.74, 6) is 1.30. The molecule has 0 spiro atoms. The average Bonchev–Trinajstić information content (AvgIpc) is 2.84. The Kier molecular flexibility index (Phi) is 8.35. The van der Waals surface area contributed by atoms with Crippen LogP contribution in [0.1, 0.15) is 19.8 Å². The van der Waals surface area contributed by atoms with Gasteiger partial charge in [-0.2, -0.15) is 0 Å². The summed E-state index contributed by atoms with van der Waals surface area (Å²) in [6.07, 6.45) is 2.34. The summed E-state index contributed by atoms with van der Waals surface area (Å²) in [6.45, 7) is 2.51. The molecule has 1 rings (SSSR count). The van der Waals surface area contributed by atoms with E-state index >= 15 is 0 Å². The van der Waals surface area contributed by atoms with Gasteiger partial charge in [0.15, 0.2) is 0 Å². The van der Waals surface area contributed by atoms with Crippen molar-refractivity contribution < 1.29 is 27.9 Å². The Bertz CT molecular complexity index is 425. The SMILES string of the molecule is [B][C@@H]1O[C@H](/C=C/P(=O)(OC)OC)C[C@H]1OCCCNC(C)=O. The predicted octanol–water partition coefficient (Wildman–Crippen LogP) is 1.18. The lowest BCUT2D eigenvalue weighted by atomic mass is 9.94. The summed E-state index contributed by atoms with van der Waals surface area (Å²) in [5.41, 5.74) is 0. The molecule has 9 heteroatoms. The highest BCUT2D eigenvalue weighted by Crippen LogP contribution is 2.48. The van der Waals surface area contributed by atoms with E-state index in [9.17, 15) is 9.36 Å². The van der Waals surface area contributed by atoms with Crippen molar-refractivity contribution in [3.05, 3.63) is 11.9 Å². The van der Waals surface area contributed by atoms with E-state index in [1.165, 1.54) is 27.0 Å². The van der Waals surface area contributed by atoms with Gasteiger partial charge in [-0.05, 0) is 12.5 Å². The summed E-state index contributed by atoms with van der Waals surface area (Å²) >= 11 is 0. The van der Waals surface area contributed by atoms with Gasteiger partial charge in [0.05, 0.1) is 12.2 Å². The lowest BCUT2D eigenvalue weighted by Crippen LogP contribution is -2.27. The first-order chi connectivity index (χ1) is 10.4. The van der Waals surface area contributed by atoms with Gasteiger partial charge in [-0.25, -0.2) is 0 Å². The molecule has 124 valence electrons. The molecule has 0 aromatic heterocycles. The van der Waals surface area contributed by atoms with Crippen molar-refractivity contribution >= 4 is 21.3 Å². The van der Waals surface area contributed by atoms with Crippen molar-refractivity contribution in [2.75, 3.05) is 27.4 Å². The Balaban J connectivity index is 2.34. The minimum atomic E-state index is -3.20. The third-order valence-corrected chi connectivity index (χ3v) is 4.74. The molecule has 22 heavy (non-hydrogen) atoms. The molecule has 1 N–H and O–H groups in total. The molecule has 1 saturated heterocycles. The number of hydrogen-bond donors (Lipinski definition) is 1. The number of rotatable bonds is 9. The molecule has 3 atom stereocenters. The Morgan fingerprint density at radius 3 is 2.73 bits per heavy atom. The van der Waals surface area contributed by atoms with Crippen LogP contribution in [0.15, 0.2) is 11.9 Å². The van der Waals surface area contributed by atoms with Crippen molar-refractivity contribution in [1.29, 1.82) is 0 Å². The fourth-order valence-electron chi connectivity index (χ4n) is 1.96. The standard InChI is InChI=1S/C13H23BNO6P/c1-10(16)15-6-4-7-20-12-9-11(21-13(12)14)5-8-22(17,18-2)19-3/h5,8,11-13H,4,6-7,9H2,1-3H3,(H,15,16)/b8-5+/t11-,12-,13-/m1/s1. The second-order valence-electron chi connectivity index (χ2n) is 4.87. The first-order valence-electron chi connectivity index (χ1n) is 7.08. The van der Waals surface area contributed by atoms with Crippen LogP contribution in [-0.4, -0.2) is 59.3 Å². The van der Waals surface area contributed by atoms with E-state index in [1.807, 2.05) is 0 Å². The second kappa shape index (κ2) is 9.48. The van der Waals surface area contributed by atoms with Crippen molar-refractivity contribution in [3.8, 4) is 0 Å². The summed E-state index contributed by atoms with van der Waals surface area (Å²) in [7, 11) is 5.29. The van der Waals surface area contributed by atoms with E-state index in [0.29, 0.717) is 26.0 Å². The maximum atomic E-state index is 11.9. The van der Waals surface area contributed by atoms with Crippen molar-refractivity contribution in [3.63, 3.8) is 0 Å². The highest BCUT2D eigenvalue weighted by atomic mass is 31.2. The summed E-state index contributed by atoms with van der Waals surface area (Å²) in [6, 6.07) is -0.542. The van der Waals surface area contributed by atoms with E-state index < -0.39 is 13.6 Å². The zero-order valence-electron chi connectivity index (χ0n) is 13.2. The van der Waals surface area contributed by atoms with Gasteiger partial charge in [-0.1, -0.05) is 0 Å². The van der Waals surface area contributed by atoms with E-state index in [-0.39, 0.29) is 18.1 Å². The highest BCUT2D eigenvalue weighted by Gasteiger charge is 2.31. The van der Waals surface area contributed by atoms with Gasteiger partial charge in [0, 0.05) is 52.5 Å². The molecular weight excluding hydrogens is 308 g/mol.